The van der Waals surface area contributed by atoms with Crippen LogP contribution in [0.3, 0.4) is 0 Å². The van der Waals surface area contributed by atoms with Crippen molar-refractivity contribution in [3.8, 4) is 11.1 Å². The zero-order valence-corrected chi connectivity index (χ0v) is 17.9. The van der Waals surface area contributed by atoms with Gasteiger partial charge in [-0.1, -0.05) is 30.7 Å². The number of anilines is 1. The highest BCUT2D eigenvalue weighted by Crippen LogP contribution is 2.45. The maximum absolute atomic E-state index is 12.0. The molecule has 164 valence electrons. The van der Waals surface area contributed by atoms with Gasteiger partial charge in [-0.05, 0) is 24.0 Å². The molecule has 0 radical (unpaired) electrons. The number of nitrogens with zero attached hydrogens (tertiary/aromatic N) is 6. The summed E-state index contributed by atoms with van der Waals surface area (Å²) in [5, 5.41) is 21.0. The van der Waals surface area contributed by atoms with E-state index < -0.39 is 5.41 Å². The molecule has 3 aromatic rings. The first kappa shape index (κ1) is 21.2. The lowest BCUT2D eigenvalue weighted by molar-refractivity contribution is 0.216. The highest BCUT2D eigenvalue weighted by Gasteiger charge is 2.43. The van der Waals surface area contributed by atoms with E-state index in [9.17, 15) is 4.79 Å². The summed E-state index contributed by atoms with van der Waals surface area (Å²) in [6.07, 6.45) is 8.81. The van der Waals surface area contributed by atoms with Crippen LogP contribution < -0.4 is 5.73 Å². The minimum absolute atomic E-state index is 0.0882. The molecule has 5 N–H and O–H groups in total. The predicted molar refractivity (Wildman–Crippen MR) is 122 cm³/mol. The van der Waals surface area contributed by atoms with Gasteiger partial charge in [0, 0.05) is 32.1 Å². The first-order valence-corrected chi connectivity index (χ1v) is 10.1. The van der Waals surface area contributed by atoms with Crippen molar-refractivity contribution in [3.63, 3.8) is 0 Å². The molecule has 1 aliphatic carbocycles. The zero-order valence-electron chi connectivity index (χ0n) is 17.9. The van der Waals surface area contributed by atoms with Crippen molar-refractivity contribution >= 4 is 23.7 Å². The van der Waals surface area contributed by atoms with Gasteiger partial charge in [0.2, 0.25) is 5.95 Å². The molecule has 0 aliphatic heterocycles. The van der Waals surface area contributed by atoms with E-state index in [4.69, 9.17) is 16.2 Å². The minimum atomic E-state index is -0.516. The molecule has 0 saturated heterocycles. The number of aromatic nitrogens is 4. The van der Waals surface area contributed by atoms with E-state index in [-0.39, 0.29) is 23.7 Å². The summed E-state index contributed by atoms with van der Waals surface area (Å²) in [6, 6.07) is 7.61. The van der Waals surface area contributed by atoms with Gasteiger partial charge in [0.25, 0.3) is 0 Å². The minimum Gasteiger partial charge on any atom is -0.578 e. The maximum Gasteiger partial charge on any atom is 0.369 e. The number of nitrogen functional groups attached to an aromatic ring is 1. The number of hydrogen-bond donors (Lipinski definition) is 2. The van der Waals surface area contributed by atoms with Gasteiger partial charge in [-0.15, -0.1) is 4.99 Å². The summed E-state index contributed by atoms with van der Waals surface area (Å²) in [7, 11) is 3.25. The van der Waals surface area contributed by atoms with Gasteiger partial charge in [0.1, 0.15) is 11.4 Å². The molecule has 1 aromatic carbocycles. The van der Waals surface area contributed by atoms with E-state index in [0.29, 0.717) is 5.56 Å². The summed E-state index contributed by atoms with van der Waals surface area (Å²) in [5.41, 5.74) is 8.24. The number of amides is 1. The van der Waals surface area contributed by atoms with Crippen molar-refractivity contribution in [3.05, 3.63) is 60.2 Å². The largest absolute Gasteiger partial charge is 0.578 e. The number of rotatable bonds is 4. The predicted octanol–water partition coefficient (Wildman–Crippen LogP) is 2.02. The van der Waals surface area contributed by atoms with E-state index in [0.717, 1.165) is 40.6 Å². The molecular formula is C22H25N8O2+. The average Bonchev–Trinajstić information content (AvgIpc) is 3.24. The Labute approximate surface area is 185 Å². The topological polar surface area (TPSA) is 149 Å². The van der Waals surface area contributed by atoms with Crippen LogP contribution in [0.25, 0.3) is 11.1 Å². The number of benzene rings is 1. The van der Waals surface area contributed by atoms with E-state index in [1.54, 1.807) is 26.5 Å². The van der Waals surface area contributed by atoms with Crippen molar-refractivity contribution in [2.24, 2.45) is 4.99 Å². The van der Waals surface area contributed by atoms with Crippen molar-refractivity contribution in [2.75, 3.05) is 19.8 Å². The van der Waals surface area contributed by atoms with Crippen LogP contribution in [0.2, 0.25) is 0 Å². The highest BCUT2D eigenvalue weighted by molar-refractivity contribution is 6.05. The summed E-state index contributed by atoms with van der Waals surface area (Å²) in [6.45, 7) is 0. The first-order chi connectivity index (χ1) is 15.3. The Morgan fingerprint density at radius 3 is 2.38 bits per heavy atom. The molecule has 2 aromatic heterocycles. The number of aliphatic imine (C=N–C) groups is 1. The summed E-state index contributed by atoms with van der Waals surface area (Å²) >= 11 is 0. The van der Waals surface area contributed by atoms with Crippen molar-refractivity contribution in [1.82, 2.24) is 24.6 Å². The van der Waals surface area contributed by atoms with Crippen LogP contribution in [0, 0.1) is 5.41 Å². The van der Waals surface area contributed by atoms with Crippen molar-refractivity contribution in [2.45, 2.75) is 24.7 Å². The molecule has 1 amide bonds. The second kappa shape index (κ2) is 8.22. The molecule has 4 rings (SSSR count). The van der Waals surface area contributed by atoms with Crippen LogP contribution in [0.5, 0.6) is 0 Å². The Kier molecular flexibility index (Phi) is 5.43. The number of nitrogens with two attached hydrogens (primary N) is 1. The maximum atomic E-state index is 12.0. The Bertz CT molecular complexity index is 1180. The van der Waals surface area contributed by atoms with Crippen LogP contribution in [0.15, 0.2) is 54.0 Å². The SMILES string of the molecule is CN(C)C(=O)n1cc(C([OH2+])=NC(=N)C2(c3ccc(-c4cnc(N)nc4)cc3)CCC2)cn1. The Morgan fingerprint density at radius 2 is 1.81 bits per heavy atom. The third kappa shape index (κ3) is 3.82. The summed E-state index contributed by atoms with van der Waals surface area (Å²) in [5.74, 6) is 0.284. The molecule has 0 spiro atoms. The van der Waals surface area contributed by atoms with Crippen LogP contribution >= 0.6 is 0 Å². The van der Waals surface area contributed by atoms with Gasteiger partial charge in [0.15, 0.2) is 0 Å². The monoisotopic (exact) mass is 433 g/mol. The summed E-state index contributed by atoms with van der Waals surface area (Å²) < 4.78 is 1.15. The molecular weight excluding hydrogens is 408 g/mol. The molecule has 1 fully saturated rings. The zero-order chi connectivity index (χ0) is 22.9. The Morgan fingerprint density at radius 1 is 1.16 bits per heavy atom. The Balaban J connectivity index is 1.56. The molecule has 1 aliphatic rings. The van der Waals surface area contributed by atoms with Crippen LogP contribution in [-0.4, -0.2) is 61.6 Å². The normalized spacial score (nSPS) is 15.1. The fourth-order valence-corrected chi connectivity index (χ4v) is 3.70. The molecule has 10 heteroatoms. The van der Waals surface area contributed by atoms with Crippen LogP contribution in [-0.2, 0) is 5.41 Å². The molecule has 0 unspecified atom stereocenters. The van der Waals surface area contributed by atoms with Gasteiger partial charge in [-0.3, -0.25) is 5.41 Å². The van der Waals surface area contributed by atoms with Crippen LogP contribution in [0.4, 0.5) is 10.7 Å². The standard InChI is InChI=1S/C22H24N8O2/c1-29(2)21(32)30-13-16(12-27-30)18(31)28-19(23)22(8-3-9-22)17-6-4-14(5-7-17)15-10-25-20(24)26-11-15/h4-7,10-13H,3,8-9H2,1-2H3,(H2,23,28,31)(H2,24,25,26)/p+1. The fourth-order valence-electron chi connectivity index (χ4n) is 3.70. The highest BCUT2D eigenvalue weighted by atomic mass is 16.3. The van der Waals surface area contributed by atoms with E-state index in [1.807, 2.05) is 24.3 Å². The van der Waals surface area contributed by atoms with E-state index in [1.165, 1.54) is 17.3 Å². The third-order valence-electron chi connectivity index (χ3n) is 5.76. The van der Waals surface area contributed by atoms with Gasteiger partial charge in [-0.25, -0.2) is 14.8 Å². The van der Waals surface area contributed by atoms with Gasteiger partial charge in [-0.2, -0.15) is 9.78 Å². The number of amidine groups is 1. The van der Waals surface area contributed by atoms with E-state index in [2.05, 4.69) is 20.1 Å². The molecule has 0 atom stereocenters. The average molecular weight is 433 g/mol. The fraction of sp³-hybridized carbons (Fsp3) is 0.273. The molecule has 1 saturated carbocycles. The van der Waals surface area contributed by atoms with Crippen molar-refractivity contribution < 1.29 is 9.90 Å². The number of carbonyl (C=O) groups is 1. The number of nitrogens with one attached hydrogen (secondary N) is 1. The molecule has 2 heterocycles. The molecule has 32 heavy (non-hydrogen) atoms. The second-order valence-corrected chi connectivity index (χ2v) is 8.00. The van der Waals surface area contributed by atoms with Gasteiger partial charge < -0.3 is 15.7 Å². The van der Waals surface area contributed by atoms with Crippen LogP contribution in [0.1, 0.15) is 30.4 Å². The van der Waals surface area contributed by atoms with Crippen molar-refractivity contribution in [1.29, 1.82) is 5.41 Å². The molecule has 10 nitrogen and oxygen atoms in total. The third-order valence-corrected chi connectivity index (χ3v) is 5.76. The first-order valence-electron chi connectivity index (χ1n) is 10.1. The smallest absolute Gasteiger partial charge is 0.369 e. The number of hydrogen-bond acceptors (Lipinski definition) is 6. The lowest BCUT2D eigenvalue weighted by atomic mass is 9.63. The van der Waals surface area contributed by atoms with Gasteiger partial charge in [0.05, 0.1) is 17.8 Å². The second-order valence-electron chi connectivity index (χ2n) is 8.00. The quantitative estimate of drug-likeness (QED) is 0.367. The Hall–Kier alpha value is -4.08. The lowest BCUT2D eigenvalue weighted by Gasteiger charge is -2.41. The van der Waals surface area contributed by atoms with Gasteiger partial charge >= 0.3 is 11.9 Å². The lowest BCUT2D eigenvalue weighted by Crippen LogP contribution is -2.41. The number of carbonyl (C=O) groups excluding carboxylic acids is 1. The molecule has 0 bridgehead atoms. The summed E-state index contributed by atoms with van der Waals surface area (Å²) in [4.78, 5) is 25.7. The van der Waals surface area contributed by atoms with E-state index >= 15 is 0 Å².